The second-order valence-electron chi connectivity index (χ2n) is 6.04. The van der Waals surface area contributed by atoms with E-state index in [0.29, 0.717) is 0 Å². The predicted octanol–water partition coefficient (Wildman–Crippen LogP) is 4.49. The minimum Gasteiger partial charge on any atom is -0.0654 e. The van der Waals surface area contributed by atoms with Crippen molar-refractivity contribution in [2.24, 2.45) is 29.6 Å². The average Bonchev–Trinajstić information content (AvgIpc) is 2.09. The molecular formula is C14H26. The van der Waals surface area contributed by atoms with Crippen molar-refractivity contribution in [3.8, 4) is 0 Å². The van der Waals surface area contributed by atoms with Gasteiger partial charge < -0.3 is 0 Å². The van der Waals surface area contributed by atoms with Crippen LogP contribution in [0.25, 0.3) is 0 Å². The van der Waals surface area contributed by atoms with E-state index in [-0.39, 0.29) is 0 Å². The SMILES string of the molecule is CCCC1CC2CCC2C(C(C)C)C1. The molecule has 14 heavy (non-hydrogen) atoms. The van der Waals surface area contributed by atoms with Gasteiger partial charge in [-0.3, -0.25) is 0 Å². The smallest absolute Gasteiger partial charge is 0.0355 e. The quantitative estimate of drug-likeness (QED) is 0.621. The van der Waals surface area contributed by atoms with Crippen LogP contribution in [0.2, 0.25) is 0 Å². The molecule has 0 nitrogen and oxygen atoms in total. The average molecular weight is 194 g/mol. The third-order valence-electron chi connectivity index (χ3n) is 4.82. The van der Waals surface area contributed by atoms with E-state index >= 15 is 0 Å². The molecule has 0 heterocycles. The van der Waals surface area contributed by atoms with Gasteiger partial charge >= 0.3 is 0 Å². The molecule has 0 radical (unpaired) electrons. The molecule has 0 N–H and O–H groups in total. The molecule has 4 unspecified atom stereocenters. The highest BCUT2D eigenvalue weighted by Crippen LogP contribution is 2.52. The van der Waals surface area contributed by atoms with Gasteiger partial charge in [0.25, 0.3) is 0 Å². The summed E-state index contributed by atoms with van der Waals surface area (Å²) < 4.78 is 0. The molecule has 2 saturated carbocycles. The topological polar surface area (TPSA) is 0 Å². The highest BCUT2D eigenvalue weighted by atomic mass is 14.5. The van der Waals surface area contributed by atoms with Gasteiger partial charge in [0.2, 0.25) is 0 Å². The van der Waals surface area contributed by atoms with Crippen molar-refractivity contribution in [2.75, 3.05) is 0 Å². The molecule has 4 atom stereocenters. The lowest BCUT2D eigenvalue weighted by Gasteiger charge is -2.50. The molecular weight excluding hydrogens is 168 g/mol. The summed E-state index contributed by atoms with van der Waals surface area (Å²) in [7, 11) is 0. The van der Waals surface area contributed by atoms with E-state index in [1.807, 2.05) is 0 Å². The van der Waals surface area contributed by atoms with Crippen LogP contribution in [0.1, 0.15) is 59.3 Å². The summed E-state index contributed by atoms with van der Waals surface area (Å²) in [5.41, 5.74) is 0. The molecule has 2 aliphatic carbocycles. The fraction of sp³-hybridized carbons (Fsp3) is 1.00. The number of rotatable bonds is 3. The maximum absolute atomic E-state index is 2.44. The lowest BCUT2D eigenvalue weighted by atomic mass is 9.55. The second-order valence-corrected chi connectivity index (χ2v) is 6.04. The molecule has 2 rings (SSSR count). The Labute approximate surface area is 89.5 Å². The van der Waals surface area contributed by atoms with Gasteiger partial charge in [0.15, 0.2) is 0 Å². The molecule has 0 aliphatic heterocycles. The molecule has 0 aromatic carbocycles. The van der Waals surface area contributed by atoms with Crippen LogP contribution < -0.4 is 0 Å². The third-order valence-corrected chi connectivity index (χ3v) is 4.82. The maximum Gasteiger partial charge on any atom is -0.0355 e. The molecule has 82 valence electrons. The van der Waals surface area contributed by atoms with Crippen molar-refractivity contribution >= 4 is 0 Å². The van der Waals surface area contributed by atoms with Crippen LogP contribution >= 0.6 is 0 Å². The lowest BCUT2D eigenvalue weighted by molar-refractivity contribution is -0.00361. The van der Waals surface area contributed by atoms with Gasteiger partial charge in [-0.25, -0.2) is 0 Å². The number of hydrogen-bond acceptors (Lipinski definition) is 0. The molecule has 0 heteroatoms. The van der Waals surface area contributed by atoms with Crippen molar-refractivity contribution in [3.05, 3.63) is 0 Å². The van der Waals surface area contributed by atoms with Crippen molar-refractivity contribution in [2.45, 2.75) is 59.3 Å². The van der Waals surface area contributed by atoms with E-state index in [1.165, 1.54) is 12.8 Å². The summed E-state index contributed by atoms with van der Waals surface area (Å²) in [5.74, 6) is 5.34. The predicted molar refractivity (Wildman–Crippen MR) is 62.2 cm³/mol. The monoisotopic (exact) mass is 194 g/mol. The standard InChI is InChI=1S/C14H26/c1-4-5-11-8-12-6-7-13(12)14(9-11)10(2)3/h10-14H,4-9H2,1-3H3. The normalized spacial score (nSPS) is 42.0. The van der Waals surface area contributed by atoms with Crippen molar-refractivity contribution in [1.82, 2.24) is 0 Å². The van der Waals surface area contributed by atoms with E-state index in [2.05, 4.69) is 20.8 Å². The van der Waals surface area contributed by atoms with Crippen LogP contribution in [-0.2, 0) is 0 Å². The molecule has 0 aromatic heterocycles. The summed E-state index contributed by atoms with van der Waals surface area (Å²) in [6.45, 7) is 7.22. The second kappa shape index (κ2) is 4.24. The van der Waals surface area contributed by atoms with E-state index in [4.69, 9.17) is 0 Å². The molecule has 0 spiro atoms. The Morgan fingerprint density at radius 1 is 1.14 bits per heavy atom. The zero-order valence-electron chi connectivity index (χ0n) is 10.1. The van der Waals surface area contributed by atoms with Crippen LogP contribution in [0.5, 0.6) is 0 Å². The number of fused-ring (bicyclic) bond motifs is 1. The first kappa shape index (κ1) is 10.5. The third kappa shape index (κ3) is 1.85. The Bertz CT molecular complexity index is 182. The van der Waals surface area contributed by atoms with Crippen LogP contribution in [0.15, 0.2) is 0 Å². The maximum atomic E-state index is 2.44. The zero-order valence-corrected chi connectivity index (χ0v) is 10.1. The Kier molecular flexibility index (Phi) is 3.19. The van der Waals surface area contributed by atoms with Crippen LogP contribution in [0.3, 0.4) is 0 Å². The van der Waals surface area contributed by atoms with E-state index in [0.717, 1.165) is 29.6 Å². The van der Waals surface area contributed by atoms with Gasteiger partial charge in [0, 0.05) is 0 Å². The van der Waals surface area contributed by atoms with Gasteiger partial charge in [0.05, 0.1) is 0 Å². The van der Waals surface area contributed by atoms with Gasteiger partial charge in [-0.05, 0) is 55.3 Å². The Morgan fingerprint density at radius 3 is 2.43 bits per heavy atom. The van der Waals surface area contributed by atoms with Gasteiger partial charge in [0.1, 0.15) is 0 Å². The highest BCUT2D eigenvalue weighted by Gasteiger charge is 2.43. The van der Waals surface area contributed by atoms with Crippen molar-refractivity contribution < 1.29 is 0 Å². The van der Waals surface area contributed by atoms with Crippen LogP contribution in [0, 0.1) is 29.6 Å². The van der Waals surface area contributed by atoms with E-state index < -0.39 is 0 Å². The van der Waals surface area contributed by atoms with Gasteiger partial charge in [-0.2, -0.15) is 0 Å². The summed E-state index contributed by atoms with van der Waals surface area (Å²) in [4.78, 5) is 0. The first-order valence-electron chi connectivity index (χ1n) is 6.72. The summed E-state index contributed by atoms with van der Waals surface area (Å²) in [6, 6.07) is 0. The Balaban J connectivity index is 1.95. The Morgan fingerprint density at radius 2 is 1.93 bits per heavy atom. The van der Waals surface area contributed by atoms with E-state index in [9.17, 15) is 0 Å². The highest BCUT2D eigenvalue weighted by molar-refractivity contribution is 4.93. The van der Waals surface area contributed by atoms with Crippen molar-refractivity contribution in [1.29, 1.82) is 0 Å². The molecule has 0 amide bonds. The summed E-state index contributed by atoms with van der Waals surface area (Å²) in [6.07, 6.45) is 9.11. The summed E-state index contributed by atoms with van der Waals surface area (Å²) in [5, 5.41) is 0. The fourth-order valence-electron chi connectivity index (χ4n) is 3.95. The molecule has 0 aromatic rings. The minimum atomic E-state index is 0.933. The Hall–Kier alpha value is 0. The van der Waals surface area contributed by atoms with Gasteiger partial charge in [-0.1, -0.05) is 33.6 Å². The van der Waals surface area contributed by atoms with Crippen molar-refractivity contribution in [3.63, 3.8) is 0 Å². The largest absolute Gasteiger partial charge is 0.0654 e. The van der Waals surface area contributed by atoms with E-state index in [1.54, 1.807) is 25.7 Å². The first-order chi connectivity index (χ1) is 6.72. The summed E-state index contributed by atoms with van der Waals surface area (Å²) >= 11 is 0. The molecule has 0 bridgehead atoms. The van der Waals surface area contributed by atoms with Crippen LogP contribution in [-0.4, -0.2) is 0 Å². The minimum absolute atomic E-state index is 0.933. The molecule has 2 aliphatic rings. The number of hydrogen-bond donors (Lipinski definition) is 0. The molecule has 0 saturated heterocycles. The first-order valence-corrected chi connectivity index (χ1v) is 6.72. The van der Waals surface area contributed by atoms with Gasteiger partial charge in [-0.15, -0.1) is 0 Å². The van der Waals surface area contributed by atoms with Crippen LogP contribution in [0.4, 0.5) is 0 Å². The zero-order chi connectivity index (χ0) is 10.1. The fourth-order valence-corrected chi connectivity index (χ4v) is 3.95. The molecule has 2 fully saturated rings. The lowest BCUT2D eigenvalue weighted by Crippen LogP contribution is -2.41.